The highest BCUT2D eigenvalue weighted by atomic mass is 35.5. The van der Waals surface area contributed by atoms with Crippen LogP contribution in [0.3, 0.4) is 0 Å². The van der Waals surface area contributed by atoms with Crippen LogP contribution >= 0.6 is 22.9 Å². The predicted molar refractivity (Wildman–Crippen MR) is 88.1 cm³/mol. The molecule has 0 bridgehead atoms. The van der Waals surface area contributed by atoms with Gasteiger partial charge in [-0.1, -0.05) is 17.7 Å². The van der Waals surface area contributed by atoms with Crippen LogP contribution in [-0.2, 0) is 11.2 Å². The number of fused-ring (bicyclic) bond motifs is 1. The average Bonchev–Trinajstić information content (AvgIpc) is 3.12. The van der Waals surface area contributed by atoms with E-state index in [1.165, 1.54) is 6.08 Å². The lowest BCUT2D eigenvalue weighted by atomic mass is 10.3. The maximum Gasteiger partial charge on any atom is 0.244 e. The van der Waals surface area contributed by atoms with Crippen molar-refractivity contribution in [1.82, 2.24) is 19.7 Å². The highest BCUT2D eigenvalue weighted by Gasteiger charge is 2.07. The fraction of sp³-hybridized carbons (Fsp3) is 0.133. The van der Waals surface area contributed by atoms with Crippen molar-refractivity contribution in [2.75, 3.05) is 6.54 Å². The first-order valence-electron chi connectivity index (χ1n) is 6.69. The molecule has 7 heteroatoms. The number of aromatic nitrogens is 3. The Morgan fingerprint density at radius 3 is 3.18 bits per heavy atom. The van der Waals surface area contributed by atoms with Crippen molar-refractivity contribution < 1.29 is 4.79 Å². The number of carbonyl (C=O) groups excluding carboxylic acids is 1. The first-order chi connectivity index (χ1) is 10.7. The summed E-state index contributed by atoms with van der Waals surface area (Å²) < 4.78 is 1.83. The van der Waals surface area contributed by atoms with Gasteiger partial charge in [-0.3, -0.25) is 9.20 Å². The van der Waals surface area contributed by atoms with E-state index in [2.05, 4.69) is 15.3 Å². The van der Waals surface area contributed by atoms with E-state index in [1.807, 2.05) is 34.2 Å². The van der Waals surface area contributed by atoms with E-state index in [0.29, 0.717) is 17.4 Å². The molecule has 0 radical (unpaired) electrons. The van der Waals surface area contributed by atoms with Crippen LogP contribution < -0.4 is 5.32 Å². The zero-order valence-corrected chi connectivity index (χ0v) is 13.1. The number of pyridine rings is 1. The van der Waals surface area contributed by atoms with Crippen molar-refractivity contribution >= 4 is 40.6 Å². The second-order valence-electron chi connectivity index (χ2n) is 4.57. The zero-order chi connectivity index (χ0) is 15.4. The minimum atomic E-state index is -0.169. The largest absolute Gasteiger partial charge is 0.352 e. The number of amides is 1. The summed E-state index contributed by atoms with van der Waals surface area (Å²) in [6.45, 7) is 0.549. The number of halogens is 1. The maximum absolute atomic E-state index is 11.8. The minimum Gasteiger partial charge on any atom is -0.352 e. The highest BCUT2D eigenvalue weighted by molar-refractivity contribution is 7.07. The summed E-state index contributed by atoms with van der Waals surface area (Å²) in [6.07, 6.45) is 5.71. The van der Waals surface area contributed by atoms with Gasteiger partial charge in [-0.05, 0) is 18.2 Å². The summed E-state index contributed by atoms with van der Waals surface area (Å²) in [5.74, 6) is -0.169. The van der Waals surface area contributed by atoms with Gasteiger partial charge < -0.3 is 5.32 Å². The third kappa shape index (κ3) is 3.35. The second kappa shape index (κ2) is 6.72. The number of thiazole rings is 1. The van der Waals surface area contributed by atoms with Crippen molar-refractivity contribution in [2.45, 2.75) is 6.42 Å². The molecule has 0 aliphatic rings. The lowest BCUT2D eigenvalue weighted by Gasteiger charge is -2.00. The van der Waals surface area contributed by atoms with Crippen LogP contribution in [0.5, 0.6) is 0 Å². The lowest BCUT2D eigenvalue weighted by Crippen LogP contribution is -2.23. The Labute approximate surface area is 136 Å². The van der Waals surface area contributed by atoms with Crippen molar-refractivity contribution in [3.8, 4) is 0 Å². The molecular formula is C15H13ClN4OS. The molecule has 0 aliphatic heterocycles. The molecule has 22 heavy (non-hydrogen) atoms. The van der Waals surface area contributed by atoms with Crippen LogP contribution in [0.2, 0.25) is 5.15 Å². The fourth-order valence-corrected chi connectivity index (χ4v) is 2.86. The average molecular weight is 333 g/mol. The molecule has 0 saturated carbocycles. The third-order valence-corrected chi connectivity index (χ3v) is 3.99. The van der Waals surface area contributed by atoms with Gasteiger partial charge >= 0.3 is 0 Å². The quantitative estimate of drug-likeness (QED) is 0.731. The smallest absolute Gasteiger partial charge is 0.244 e. The molecule has 0 fully saturated rings. The highest BCUT2D eigenvalue weighted by Crippen LogP contribution is 2.18. The van der Waals surface area contributed by atoms with Crippen LogP contribution in [0.4, 0.5) is 0 Å². The zero-order valence-electron chi connectivity index (χ0n) is 11.6. The number of hydrogen-bond donors (Lipinski definition) is 1. The van der Waals surface area contributed by atoms with Crippen LogP contribution in [-0.4, -0.2) is 26.8 Å². The molecule has 112 valence electrons. The summed E-state index contributed by atoms with van der Waals surface area (Å²) in [6, 6.07) is 5.63. The topological polar surface area (TPSA) is 59.3 Å². The lowest BCUT2D eigenvalue weighted by molar-refractivity contribution is -0.116. The Bertz CT molecular complexity index is 810. The molecule has 0 unspecified atom stereocenters. The van der Waals surface area contributed by atoms with E-state index in [4.69, 9.17) is 11.6 Å². The Hall–Kier alpha value is -2.18. The minimum absolute atomic E-state index is 0.169. The molecule has 0 aromatic carbocycles. The van der Waals surface area contributed by atoms with Crippen LogP contribution in [0.1, 0.15) is 11.4 Å². The monoisotopic (exact) mass is 332 g/mol. The molecule has 5 nitrogen and oxygen atoms in total. The van der Waals surface area contributed by atoms with Gasteiger partial charge in [-0.25, -0.2) is 9.97 Å². The van der Waals surface area contributed by atoms with Gasteiger partial charge in [0, 0.05) is 30.6 Å². The van der Waals surface area contributed by atoms with Gasteiger partial charge in [0.1, 0.15) is 5.65 Å². The van der Waals surface area contributed by atoms with Gasteiger partial charge in [0.25, 0.3) is 0 Å². The van der Waals surface area contributed by atoms with Crippen molar-refractivity contribution in [3.05, 3.63) is 57.9 Å². The molecule has 1 N–H and O–H groups in total. The molecule has 0 spiro atoms. The Balaban J connectivity index is 1.62. The normalized spacial score (nSPS) is 11.3. The molecule has 3 aromatic heterocycles. The summed E-state index contributed by atoms with van der Waals surface area (Å²) >= 11 is 7.65. The van der Waals surface area contributed by atoms with Crippen LogP contribution in [0, 0.1) is 0 Å². The van der Waals surface area contributed by atoms with E-state index in [0.717, 1.165) is 17.8 Å². The van der Waals surface area contributed by atoms with E-state index < -0.39 is 0 Å². The summed E-state index contributed by atoms with van der Waals surface area (Å²) in [5, 5.41) is 5.16. The van der Waals surface area contributed by atoms with Crippen LogP contribution in [0.25, 0.3) is 11.7 Å². The number of imidazole rings is 1. The number of rotatable bonds is 5. The molecule has 0 aliphatic carbocycles. The molecule has 3 rings (SSSR count). The van der Waals surface area contributed by atoms with Gasteiger partial charge in [-0.15, -0.1) is 11.3 Å². The van der Waals surface area contributed by atoms with Gasteiger partial charge in [0.2, 0.25) is 5.91 Å². The standard InChI is InChI=1S/C15H13ClN4OS/c16-15-12(20-8-2-1-3-13(20)19-15)4-5-14(21)17-7-6-11-9-22-10-18-11/h1-5,8-10H,6-7H2,(H,17,21)/b5-4+. The van der Waals surface area contributed by atoms with Crippen LogP contribution in [0.15, 0.2) is 41.4 Å². The Morgan fingerprint density at radius 1 is 1.45 bits per heavy atom. The Kier molecular flexibility index (Phi) is 4.50. The number of hydrogen-bond acceptors (Lipinski definition) is 4. The molecule has 3 aromatic rings. The second-order valence-corrected chi connectivity index (χ2v) is 5.65. The van der Waals surface area contributed by atoms with E-state index >= 15 is 0 Å². The Morgan fingerprint density at radius 2 is 2.36 bits per heavy atom. The van der Waals surface area contributed by atoms with Crippen molar-refractivity contribution in [2.24, 2.45) is 0 Å². The summed E-state index contributed by atoms with van der Waals surface area (Å²) in [7, 11) is 0. The summed E-state index contributed by atoms with van der Waals surface area (Å²) in [4.78, 5) is 20.2. The van der Waals surface area contributed by atoms with Gasteiger partial charge in [-0.2, -0.15) is 0 Å². The molecule has 3 heterocycles. The first-order valence-corrected chi connectivity index (χ1v) is 8.01. The predicted octanol–water partition coefficient (Wildman–Crippen LogP) is 2.82. The van der Waals surface area contributed by atoms with Crippen molar-refractivity contribution in [3.63, 3.8) is 0 Å². The number of nitrogens with one attached hydrogen (secondary N) is 1. The maximum atomic E-state index is 11.8. The molecular weight excluding hydrogens is 320 g/mol. The van der Waals surface area contributed by atoms with E-state index in [-0.39, 0.29) is 5.91 Å². The van der Waals surface area contributed by atoms with Crippen molar-refractivity contribution in [1.29, 1.82) is 0 Å². The van der Waals surface area contributed by atoms with Gasteiger partial charge in [0.15, 0.2) is 5.15 Å². The van der Waals surface area contributed by atoms with Gasteiger partial charge in [0.05, 0.1) is 16.9 Å². The molecule has 1 amide bonds. The van der Waals surface area contributed by atoms with E-state index in [9.17, 15) is 4.79 Å². The molecule has 0 saturated heterocycles. The molecule has 0 atom stereocenters. The number of nitrogens with zero attached hydrogens (tertiary/aromatic N) is 3. The first kappa shape index (κ1) is 14.7. The number of carbonyl (C=O) groups is 1. The SMILES string of the molecule is O=C(/C=C/c1c(Cl)nc2ccccn12)NCCc1cscn1. The fourth-order valence-electron chi connectivity index (χ4n) is 2.02. The summed E-state index contributed by atoms with van der Waals surface area (Å²) in [5.41, 5.74) is 4.20. The van der Waals surface area contributed by atoms with E-state index in [1.54, 1.807) is 22.9 Å². The third-order valence-electron chi connectivity index (χ3n) is 3.08.